The number of thiazole rings is 1. The highest BCUT2D eigenvalue weighted by Gasteiger charge is 2.38. The predicted molar refractivity (Wildman–Crippen MR) is 104 cm³/mol. The third kappa shape index (κ3) is 3.34. The van der Waals surface area contributed by atoms with Crippen LogP contribution in [0.5, 0.6) is 5.88 Å². The first-order chi connectivity index (χ1) is 13.0. The van der Waals surface area contributed by atoms with Gasteiger partial charge in [-0.25, -0.2) is 9.37 Å². The average molecular weight is 390 g/mol. The van der Waals surface area contributed by atoms with Gasteiger partial charge in [0.05, 0.1) is 18.7 Å². The van der Waals surface area contributed by atoms with Gasteiger partial charge in [-0.15, -0.1) is 5.10 Å². The fourth-order valence-corrected chi connectivity index (χ4v) is 5.60. The summed E-state index contributed by atoms with van der Waals surface area (Å²) in [7, 11) is 0. The number of hydrogen-bond acceptors (Lipinski definition) is 4. The average Bonchev–Trinajstić information content (AvgIpc) is 3.16. The quantitative estimate of drug-likeness (QED) is 0.721. The Hall–Kier alpha value is -1.99. The molecule has 1 saturated heterocycles. The predicted octanol–water partition coefficient (Wildman–Crippen LogP) is 2.85. The van der Waals surface area contributed by atoms with Gasteiger partial charge in [-0.1, -0.05) is 44.2 Å². The third-order valence-electron chi connectivity index (χ3n) is 5.47. The van der Waals surface area contributed by atoms with Gasteiger partial charge in [0.15, 0.2) is 11.9 Å². The molecule has 1 unspecified atom stereocenters. The second-order valence-electron chi connectivity index (χ2n) is 7.83. The highest BCUT2D eigenvalue weighted by molar-refractivity contribution is 7.17. The molecule has 144 valence electrons. The molecule has 0 spiro atoms. The summed E-state index contributed by atoms with van der Waals surface area (Å²) in [6.07, 6.45) is 1.90. The topological polar surface area (TPSA) is 54.9 Å². The van der Waals surface area contributed by atoms with E-state index in [0.29, 0.717) is 34.6 Å². The first-order valence-electron chi connectivity index (χ1n) is 9.64. The Morgan fingerprint density at radius 2 is 2.00 bits per heavy atom. The second-order valence-corrected chi connectivity index (χ2v) is 8.84. The van der Waals surface area contributed by atoms with Crippen molar-refractivity contribution < 1.29 is 14.4 Å². The smallest absolute Gasteiger partial charge is 0.235 e. The number of halogens is 1. The number of aromatic nitrogens is 3. The Balaban J connectivity index is 1.84. The molecule has 3 aromatic rings. The van der Waals surface area contributed by atoms with E-state index in [0.717, 1.165) is 18.0 Å². The largest absolute Gasteiger partial charge is 0.492 e. The van der Waals surface area contributed by atoms with Gasteiger partial charge in [0.2, 0.25) is 10.8 Å². The molecule has 1 fully saturated rings. The van der Waals surface area contributed by atoms with Crippen molar-refractivity contribution in [2.75, 3.05) is 13.1 Å². The van der Waals surface area contributed by atoms with Crippen molar-refractivity contribution in [1.29, 1.82) is 0 Å². The van der Waals surface area contributed by atoms with E-state index in [9.17, 15) is 9.50 Å². The Bertz CT molecular complexity index is 943. The number of piperidine rings is 1. The van der Waals surface area contributed by atoms with Gasteiger partial charge < -0.3 is 10.0 Å². The van der Waals surface area contributed by atoms with Gasteiger partial charge in [-0.05, 0) is 18.6 Å². The number of hydrogen-bond donors (Lipinski definition) is 2. The van der Waals surface area contributed by atoms with Crippen LogP contribution in [-0.2, 0) is 6.42 Å². The number of fused-ring (bicyclic) bond motifs is 1. The molecule has 0 amide bonds. The molecular formula is C20H26FN4OS+. The molecule has 4 atom stereocenters. The maximum atomic E-state index is 14.8. The van der Waals surface area contributed by atoms with Gasteiger partial charge >= 0.3 is 0 Å². The standard InChI is InChI=1S/C20H25FN4OS/c1-4-16-22-20-25(23-16)19(26)18(27-20)17(14-7-5-6-8-15(14)21)24-10-12(2)9-13(3)11-24/h5-8,12-13,17,26H,4,9-11H2,1-3H3/p+1/t12-,13+,17-/m1/s1. The van der Waals surface area contributed by atoms with E-state index in [-0.39, 0.29) is 17.7 Å². The summed E-state index contributed by atoms with van der Waals surface area (Å²) in [5, 5.41) is 15.3. The number of aryl methyl sites for hydroxylation is 1. The number of nitrogens with zero attached hydrogens (tertiary/aromatic N) is 3. The first-order valence-corrected chi connectivity index (χ1v) is 10.5. The summed E-state index contributed by atoms with van der Waals surface area (Å²) in [5.74, 6) is 1.70. The fraction of sp³-hybridized carbons (Fsp3) is 0.500. The van der Waals surface area contributed by atoms with Crippen LogP contribution >= 0.6 is 11.3 Å². The molecule has 0 saturated carbocycles. The minimum Gasteiger partial charge on any atom is -0.492 e. The van der Waals surface area contributed by atoms with Gasteiger partial charge in [0.1, 0.15) is 10.7 Å². The lowest BCUT2D eigenvalue weighted by Gasteiger charge is -2.37. The van der Waals surface area contributed by atoms with E-state index >= 15 is 0 Å². The summed E-state index contributed by atoms with van der Waals surface area (Å²) in [6, 6.07) is 6.66. The molecule has 0 aliphatic carbocycles. The Kier molecular flexibility index (Phi) is 4.90. The van der Waals surface area contributed by atoms with Gasteiger partial charge in [-0.3, -0.25) is 0 Å². The normalized spacial score (nSPS) is 24.4. The lowest BCUT2D eigenvalue weighted by Crippen LogP contribution is -3.14. The van der Waals surface area contributed by atoms with E-state index in [4.69, 9.17) is 0 Å². The molecule has 5 nitrogen and oxygen atoms in total. The molecule has 7 heteroatoms. The van der Waals surface area contributed by atoms with Crippen LogP contribution < -0.4 is 4.90 Å². The summed E-state index contributed by atoms with van der Waals surface area (Å²) in [5.41, 5.74) is 0.629. The molecule has 27 heavy (non-hydrogen) atoms. The highest BCUT2D eigenvalue weighted by atomic mass is 32.1. The molecule has 4 rings (SSSR count). The minimum atomic E-state index is -0.255. The summed E-state index contributed by atoms with van der Waals surface area (Å²) < 4.78 is 16.3. The molecule has 1 aliphatic heterocycles. The number of rotatable bonds is 4. The van der Waals surface area contributed by atoms with Crippen molar-refractivity contribution in [3.05, 3.63) is 46.3 Å². The van der Waals surface area contributed by atoms with E-state index < -0.39 is 0 Å². The zero-order valence-corrected chi connectivity index (χ0v) is 16.8. The van der Waals surface area contributed by atoms with Crippen molar-refractivity contribution in [2.45, 2.75) is 39.7 Å². The number of nitrogens with one attached hydrogen (secondary N) is 1. The van der Waals surface area contributed by atoms with Crippen molar-refractivity contribution in [3.8, 4) is 5.88 Å². The van der Waals surface area contributed by atoms with Crippen LogP contribution in [0.25, 0.3) is 4.96 Å². The third-order valence-corrected chi connectivity index (χ3v) is 6.56. The van der Waals surface area contributed by atoms with Crippen LogP contribution in [0.1, 0.15) is 49.5 Å². The van der Waals surface area contributed by atoms with Gasteiger partial charge in [0.25, 0.3) is 0 Å². The van der Waals surface area contributed by atoms with E-state index in [1.807, 2.05) is 19.1 Å². The Labute approximate surface area is 162 Å². The van der Waals surface area contributed by atoms with Gasteiger partial charge in [-0.2, -0.15) is 4.52 Å². The molecule has 3 heterocycles. The van der Waals surface area contributed by atoms with Crippen LogP contribution in [-0.4, -0.2) is 32.8 Å². The van der Waals surface area contributed by atoms with Crippen LogP contribution in [0.2, 0.25) is 0 Å². The monoisotopic (exact) mass is 389 g/mol. The molecule has 0 bridgehead atoms. The highest BCUT2D eigenvalue weighted by Crippen LogP contribution is 2.36. The summed E-state index contributed by atoms with van der Waals surface area (Å²) >= 11 is 1.42. The maximum Gasteiger partial charge on any atom is 0.235 e. The minimum absolute atomic E-state index is 0.0915. The Morgan fingerprint density at radius 3 is 2.63 bits per heavy atom. The van der Waals surface area contributed by atoms with E-state index in [1.54, 1.807) is 6.07 Å². The summed E-state index contributed by atoms with van der Waals surface area (Å²) in [4.78, 5) is 7.20. The van der Waals surface area contributed by atoms with Crippen LogP contribution in [0.15, 0.2) is 24.3 Å². The number of benzene rings is 1. The van der Waals surface area contributed by atoms with E-state index in [2.05, 4.69) is 23.9 Å². The molecule has 1 aromatic carbocycles. The second kappa shape index (κ2) is 7.20. The number of quaternary nitrogens is 1. The van der Waals surface area contributed by atoms with Crippen LogP contribution in [0.4, 0.5) is 4.39 Å². The van der Waals surface area contributed by atoms with Crippen molar-refractivity contribution in [3.63, 3.8) is 0 Å². The lowest BCUT2D eigenvalue weighted by molar-refractivity contribution is -0.937. The lowest BCUT2D eigenvalue weighted by atomic mass is 9.89. The van der Waals surface area contributed by atoms with Crippen LogP contribution in [0.3, 0.4) is 0 Å². The molecule has 2 aromatic heterocycles. The zero-order chi connectivity index (χ0) is 19.1. The van der Waals surface area contributed by atoms with Crippen molar-refractivity contribution in [1.82, 2.24) is 14.6 Å². The number of likely N-dealkylation sites (tertiary alicyclic amines) is 1. The molecule has 1 aliphatic rings. The SMILES string of the molecule is CCc1nc2sc([C@@H](c3ccccc3F)[NH+]3C[C@H](C)C[C@H](C)C3)c(O)n2n1. The Morgan fingerprint density at radius 1 is 1.30 bits per heavy atom. The van der Waals surface area contributed by atoms with Crippen molar-refractivity contribution >= 4 is 16.3 Å². The number of aromatic hydroxyl groups is 1. The molecule has 2 N–H and O–H groups in total. The first kappa shape index (κ1) is 18.4. The molecular weight excluding hydrogens is 363 g/mol. The summed E-state index contributed by atoms with van der Waals surface area (Å²) in [6.45, 7) is 8.40. The maximum absolute atomic E-state index is 14.8. The van der Waals surface area contributed by atoms with E-state index in [1.165, 1.54) is 33.2 Å². The molecule has 0 radical (unpaired) electrons. The van der Waals surface area contributed by atoms with Crippen molar-refractivity contribution in [2.24, 2.45) is 11.8 Å². The zero-order valence-electron chi connectivity index (χ0n) is 15.9. The van der Waals surface area contributed by atoms with Gasteiger partial charge in [0, 0.05) is 18.3 Å². The fourth-order valence-electron chi connectivity index (χ4n) is 4.45. The van der Waals surface area contributed by atoms with Crippen LogP contribution in [0, 0.1) is 17.7 Å².